The second-order valence-corrected chi connectivity index (χ2v) is 9.38. The number of terminal acetylenes is 1. The predicted octanol–water partition coefficient (Wildman–Crippen LogP) is 4.16. The van der Waals surface area contributed by atoms with Crippen LogP contribution in [0.1, 0.15) is 41.4 Å². The van der Waals surface area contributed by atoms with Crippen LogP contribution in [0.15, 0.2) is 47.3 Å². The molecule has 0 bridgehead atoms. The Balaban J connectivity index is 1.39. The van der Waals surface area contributed by atoms with E-state index in [-0.39, 0.29) is 27.7 Å². The van der Waals surface area contributed by atoms with Crippen molar-refractivity contribution in [1.82, 2.24) is 9.55 Å². The smallest absolute Gasteiger partial charge is 0.260 e. The molecular weight excluding hydrogens is 439 g/mol. The lowest BCUT2D eigenvalue weighted by Gasteiger charge is -2.42. The molecule has 1 atom stereocenters. The second kappa shape index (κ2) is 8.02. The summed E-state index contributed by atoms with van der Waals surface area (Å²) < 4.78 is 15.8. The number of piperidine rings is 1. The molecule has 5 nitrogen and oxygen atoms in total. The van der Waals surface area contributed by atoms with Crippen molar-refractivity contribution in [2.24, 2.45) is 11.1 Å². The zero-order valence-corrected chi connectivity index (χ0v) is 19.1. The van der Waals surface area contributed by atoms with Gasteiger partial charge in [-0.25, -0.2) is 9.37 Å². The molecule has 33 heavy (non-hydrogen) atoms. The van der Waals surface area contributed by atoms with Gasteiger partial charge in [0.25, 0.3) is 5.56 Å². The summed E-state index contributed by atoms with van der Waals surface area (Å²) in [5.41, 5.74) is 9.75. The lowest BCUT2D eigenvalue weighted by Crippen LogP contribution is -2.45. The average molecular weight is 463 g/mol. The van der Waals surface area contributed by atoms with E-state index in [9.17, 15) is 9.18 Å². The molecule has 3 aromatic rings. The van der Waals surface area contributed by atoms with Crippen molar-refractivity contribution in [3.8, 4) is 18.0 Å². The standard InChI is InChI=1S/C26H24ClFN4O/c1-3-17-7-8-18-15-26(25(29)19(18)13-17)9-11-31(12-10-26)22-14-23(33)32(16(2)30-22)21-6-4-5-20(27)24(21)28/h1,4-8,13-14,25H,9-12,15,29H2,2H3/t25-/m1/s1. The molecule has 0 radical (unpaired) electrons. The number of nitrogens with zero attached hydrogens (tertiary/aromatic N) is 3. The molecule has 1 saturated heterocycles. The topological polar surface area (TPSA) is 64.2 Å². The lowest BCUT2D eigenvalue weighted by atomic mass is 9.73. The van der Waals surface area contributed by atoms with E-state index in [1.165, 1.54) is 28.3 Å². The van der Waals surface area contributed by atoms with Crippen molar-refractivity contribution in [2.45, 2.75) is 32.2 Å². The number of rotatable bonds is 2. The molecule has 1 aliphatic heterocycles. The van der Waals surface area contributed by atoms with Crippen LogP contribution >= 0.6 is 11.6 Å². The van der Waals surface area contributed by atoms with Crippen LogP contribution in [0.4, 0.5) is 10.2 Å². The minimum atomic E-state index is -0.637. The number of benzene rings is 2. The Kier molecular flexibility index (Phi) is 5.27. The highest BCUT2D eigenvalue weighted by molar-refractivity contribution is 6.30. The van der Waals surface area contributed by atoms with Gasteiger partial charge in [-0.2, -0.15) is 0 Å². The number of halogens is 2. The van der Waals surface area contributed by atoms with Crippen molar-refractivity contribution >= 4 is 17.4 Å². The summed E-state index contributed by atoms with van der Waals surface area (Å²) in [6.07, 6.45) is 8.29. The summed E-state index contributed by atoms with van der Waals surface area (Å²) in [7, 11) is 0. The lowest BCUT2D eigenvalue weighted by molar-refractivity contribution is 0.187. The highest BCUT2D eigenvalue weighted by atomic mass is 35.5. The van der Waals surface area contributed by atoms with Gasteiger partial charge in [0.15, 0.2) is 5.82 Å². The molecular formula is C26H24ClFN4O. The molecule has 1 fully saturated rings. The molecule has 2 heterocycles. The maximum absolute atomic E-state index is 14.5. The number of hydrogen-bond donors (Lipinski definition) is 1. The third kappa shape index (κ3) is 3.52. The molecule has 2 N–H and O–H groups in total. The van der Waals surface area contributed by atoms with E-state index in [0.717, 1.165) is 43.5 Å². The molecule has 1 aromatic heterocycles. The number of nitrogens with two attached hydrogens (primary N) is 1. The Morgan fingerprint density at radius 1 is 1.24 bits per heavy atom. The quantitative estimate of drug-likeness (QED) is 0.581. The molecule has 1 aliphatic carbocycles. The fraction of sp³-hybridized carbons (Fsp3) is 0.308. The molecule has 5 rings (SSSR count). The zero-order valence-electron chi connectivity index (χ0n) is 18.3. The van der Waals surface area contributed by atoms with Gasteiger partial charge in [-0.15, -0.1) is 6.42 Å². The maximum Gasteiger partial charge on any atom is 0.260 e. The molecule has 1 spiro atoms. The normalized spacial score (nSPS) is 18.9. The van der Waals surface area contributed by atoms with Crippen LogP contribution in [-0.2, 0) is 6.42 Å². The van der Waals surface area contributed by atoms with E-state index < -0.39 is 5.82 Å². The van der Waals surface area contributed by atoms with Gasteiger partial charge in [-0.3, -0.25) is 9.36 Å². The molecule has 0 amide bonds. The molecule has 7 heteroatoms. The molecule has 0 unspecified atom stereocenters. The van der Waals surface area contributed by atoms with Crippen LogP contribution in [0.2, 0.25) is 5.02 Å². The van der Waals surface area contributed by atoms with Crippen molar-refractivity contribution in [3.63, 3.8) is 0 Å². The van der Waals surface area contributed by atoms with Crippen molar-refractivity contribution < 1.29 is 4.39 Å². The molecule has 0 saturated carbocycles. The number of aryl methyl sites for hydroxylation is 1. The highest BCUT2D eigenvalue weighted by Crippen LogP contribution is 2.51. The molecule has 2 aromatic carbocycles. The minimum absolute atomic E-state index is 0.0139. The van der Waals surface area contributed by atoms with E-state index in [0.29, 0.717) is 11.6 Å². The van der Waals surface area contributed by atoms with E-state index >= 15 is 0 Å². The number of aromatic nitrogens is 2. The van der Waals surface area contributed by atoms with Crippen LogP contribution in [-0.4, -0.2) is 22.6 Å². The van der Waals surface area contributed by atoms with Gasteiger partial charge in [0, 0.05) is 30.8 Å². The van der Waals surface area contributed by atoms with Gasteiger partial charge in [-0.1, -0.05) is 29.7 Å². The van der Waals surface area contributed by atoms with Gasteiger partial charge >= 0.3 is 0 Å². The summed E-state index contributed by atoms with van der Waals surface area (Å²) in [5.74, 6) is 3.07. The van der Waals surface area contributed by atoms with Crippen LogP contribution in [0.5, 0.6) is 0 Å². The summed E-state index contributed by atoms with van der Waals surface area (Å²) in [6.45, 7) is 3.18. The Labute approximate surface area is 197 Å². The first-order valence-corrected chi connectivity index (χ1v) is 11.4. The van der Waals surface area contributed by atoms with E-state index in [4.69, 9.17) is 23.8 Å². The van der Waals surface area contributed by atoms with Gasteiger partial charge < -0.3 is 10.6 Å². The van der Waals surface area contributed by atoms with E-state index in [2.05, 4.69) is 21.9 Å². The van der Waals surface area contributed by atoms with E-state index in [1.54, 1.807) is 13.0 Å². The first-order valence-electron chi connectivity index (χ1n) is 11.0. The van der Waals surface area contributed by atoms with Gasteiger partial charge in [0.1, 0.15) is 11.6 Å². The summed E-state index contributed by atoms with van der Waals surface area (Å²) >= 11 is 5.90. The minimum Gasteiger partial charge on any atom is -0.356 e. The zero-order chi connectivity index (χ0) is 23.3. The Bertz CT molecular complexity index is 1350. The van der Waals surface area contributed by atoms with E-state index in [1.807, 2.05) is 12.1 Å². The van der Waals surface area contributed by atoms with Crippen molar-refractivity contribution in [1.29, 1.82) is 0 Å². The average Bonchev–Trinajstić information content (AvgIpc) is 3.07. The van der Waals surface area contributed by atoms with Crippen LogP contribution < -0.4 is 16.2 Å². The Morgan fingerprint density at radius 2 is 2.00 bits per heavy atom. The number of hydrogen-bond acceptors (Lipinski definition) is 4. The Hall–Kier alpha value is -3.14. The first-order chi connectivity index (χ1) is 15.8. The van der Waals surface area contributed by atoms with Gasteiger partial charge in [0.05, 0.1) is 10.7 Å². The monoisotopic (exact) mass is 462 g/mol. The number of anilines is 1. The van der Waals surface area contributed by atoms with Gasteiger partial charge in [-0.05, 0) is 67.0 Å². The van der Waals surface area contributed by atoms with Gasteiger partial charge in [0.2, 0.25) is 0 Å². The maximum atomic E-state index is 14.5. The van der Waals surface area contributed by atoms with Crippen LogP contribution in [0, 0.1) is 30.5 Å². The largest absolute Gasteiger partial charge is 0.356 e. The fourth-order valence-corrected chi connectivity index (χ4v) is 5.50. The van der Waals surface area contributed by atoms with Crippen LogP contribution in [0.3, 0.4) is 0 Å². The van der Waals surface area contributed by atoms with Crippen molar-refractivity contribution in [2.75, 3.05) is 18.0 Å². The third-order valence-corrected chi connectivity index (χ3v) is 7.47. The molecule has 168 valence electrons. The number of fused-ring (bicyclic) bond motifs is 1. The fourth-order valence-electron chi connectivity index (χ4n) is 5.33. The third-order valence-electron chi connectivity index (χ3n) is 7.18. The van der Waals surface area contributed by atoms with Crippen LogP contribution in [0.25, 0.3) is 5.69 Å². The second-order valence-electron chi connectivity index (χ2n) is 8.97. The molecule has 2 aliphatic rings. The predicted molar refractivity (Wildman–Crippen MR) is 128 cm³/mol. The SMILES string of the molecule is C#Cc1ccc2c(c1)[C@@H](N)C1(CCN(c3cc(=O)n(-c4cccc(Cl)c4F)c(C)n3)CC1)C2. The Morgan fingerprint density at radius 3 is 2.70 bits per heavy atom. The first kappa shape index (κ1) is 21.7. The highest BCUT2D eigenvalue weighted by Gasteiger charge is 2.46. The summed E-state index contributed by atoms with van der Waals surface area (Å²) in [5, 5.41) is -0.0348. The summed E-state index contributed by atoms with van der Waals surface area (Å²) in [4.78, 5) is 19.7. The summed E-state index contributed by atoms with van der Waals surface area (Å²) in [6, 6.07) is 12.1. The van der Waals surface area contributed by atoms with Crippen molar-refractivity contribution in [3.05, 3.63) is 86.2 Å².